The third-order valence-electron chi connectivity index (χ3n) is 10.1. The molecule has 0 saturated heterocycles. The Balaban J connectivity index is 1.19. The van der Waals surface area contributed by atoms with Crippen LogP contribution < -0.4 is 0 Å². The molecule has 0 amide bonds. The second-order valence-electron chi connectivity index (χ2n) is 12.9. The number of rotatable bonds is 4. The first-order valence-corrected chi connectivity index (χ1v) is 17.7. The van der Waals surface area contributed by atoms with Crippen molar-refractivity contribution in [2.24, 2.45) is 0 Å². The minimum absolute atomic E-state index is 0.930. The Bertz CT molecular complexity index is 3070. The molecule has 0 radical (unpaired) electrons. The van der Waals surface area contributed by atoms with Gasteiger partial charge in [-0.15, -0.1) is 11.3 Å². The Hall–Kier alpha value is -6.43. The Labute approximate surface area is 291 Å². The van der Waals surface area contributed by atoms with Crippen molar-refractivity contribution in [1.82, 2.24) is 18.7 Å². The van der Waals surface area contributed by atoms with Crippen molar-refractivity contribution in [2.75, 3.05) is 0 Å². The maximum absolute atomic E-state index is 5.14. The van der Waals surface area contributed by atoms with E-state index in [-0.39, 0.29) is 0 Å². The van der Waals surface area contributed by atoms with Crippen molar-refractivity contribution in [3.8, 4) is 28.5 Å². The zero-order valence-electron chi connectivity index (χ0n) is 26.9. The lowest BCUT2D eigenvalue weighted by molar-refractivity contribution is 1.10. The third kappa shape index (κ3) is 3.95. The Morgan fingerprint density at radius 3 is 2.02 bits per heavy atom. The Morgan fingerprint density at radius 2 is 1.18 bits per heavy atom. The van der Waals surface area contributed by atoms with Gasteiger partial charge in [0, 0.05) is 65.2 Å². The normalized spacial score (nSPS) is 12.0. The first-order valence-electron chi connectivity index (χ1n) is 16.9. The van der Waals surface area contributed by atoms with Crippen LogP contribution >= 0.6 is 11.3 Å². The van der Waals surface area contributed by atoms with Crippen molar-refractivity contribution in [3.63, 3.8) is 0 Å². The summed E-state index contributed by atoms with van der Waals surface area (Å²) >= 11 is 1.87. The highest BCUT2D eigenvalue weighted by Gasteiger charge is 2.20. The summed E-state index contributed by atoms with van der Waals surface area (Å²) in [5, 5.41) is 6.36. The molecular weight excluding hydrogens is 629 g/mol. The maximum atomic E-state index is 5.14. The summed E-state index contributed by atoms with van der Waals surface area (Å²) in [4.78, 5) is 5.14. The minimum atomic E-state index is 0.930. The fourth-order valence-electron chi connectivity index (χ4n) is 7.84. The van der Waals surface area contributed by atoms with Crippen LogP contribution in [0.3, 0.4) is 0 Å². The van der Waals surface area contributed by atoms with Crippen LogP contribution in [-0.4, -0.2) is 18.7 Å². The van der Waals surface area contributed by atoms with E-state index in [1.54, 1.807) is 0 Å². The standard InChI is InChI=1S/C45H28N4S/c1-3-11-31(12-4-1)47-26-25-30-27-36-34-23-24-42-43(35-15-7-10-18-41(35)50-42)44(34)48(40(36)28-39(30)47)33-21-19-29(20-22-33)45-46-37-16-8-9-17-38(37)49(45)32-13-5-2-6-14-32/h1-28H. The number of hydrogen-bond donors (Lipinski definition) is 0. The van der Waals surface area contributed by atoms with Gasteiger partial charge in [-0.1, -0.05) is 72.8 Å². The molecule has 0 aliphatic heterocycles. The predicted molar refractivity (Wildman–Crippen MR) is 211 cm³/mol. The van der Waals surface area contributed by atoms with Gasteiger partial charge in [0.25, 0.3) is 0 Å². The highest BCUT2D eigenvalue weighted by Crippen LogP contribution is 2.44. The summed E-state index contributed by atoms with van der Waals surface area (Å²) < 4.78 is 9.65. The molecule has 4 nitrogen and oxygen atoms in total. The average molecular weight is 657 g/mol. The largest absolute Gasteiger partial charge is 0.316 e. The zero-order valence-corrected chi connectivity index (χ0v) is 27.7. The molecule has 0 spiro atoms. The van der Waals surface area contributed by atoms with Crippen LogP contribution in [0.2, 0.25) is 0 Å². The summed E-state index contributed by atoms with van der Waals surface area (Å²) in [5.41, 5.74) is 10.1. The molecule has 0 aliphatic carbocycles. The molecule has 0 unspecified atom stereocenters. The molecule has 50 heavy (non-hydrogen) atoms. The molecule has 4 heterocycles. The maximum Gasteiger partial charge on any atom is 0.145 e. The molecule has 0 fully saturated rings. The summed E-state index contributed by atoms with van der Waals surface area (Å²) in [6, 6.07) is 58.9. The van der Waals surface area contributed by atoms with Crippen LogP contribution in [0.1, 0.15) is 0 Å². The summed E-state index contributed by atoms with van der Waals surface area (Å²) in [7, 11) is 0. The summed E-state index contributed by atoms with van der Waals surface area (Å²) in [6.45, 7) is 0. The molecule has 0 saturated carbocycles. The van der Waals surface area contributed by atoms with E-state index >= 15 is 0 Å². The van der Waals surface area contributed by atoms with E-state index in [4.69, 9.17) is 4.98 Å². The van der Waals surface area contributed by atoms with Gasteiger partial charge in [-0.2, -0.15) is 0 Å². The Morgan fingerprint density at radius 1 is 0.460 bits per heavy atom. The van der Waals surface area contributed by atoms with E-state index in [0.717, 1.165) is 39.5 Å². The second-order valence-corrected chi connectivity index (χ2v) is 13.9. The zero-order chi connectivity index (χ0) is 32.8. The predicted octanol–water partition coefficient (Wildman–Crippen LogP) is 12.1. The summed E-state index contributed by atoms with van der Waals surface area (Å²) in [5.74, 6) is 0.930. The number of imidazole rings is 1. The second kappa shape index (κ2) is 10.5. The van der Waals surface area contributed by atoms with E-state index in [1.807, 2.05) is 11.3 Å². The average Bonchev–Trinajstić information content (AvgIpc) is 3.95. The molecular formula is C45H28N4S. The SMILES string of the molecule is c1ccc(-n2ccc3cc4c5ccc6sc7ccccc7c6c5n(-c5ccc(-c6nc7ccccc7n6-c6ccccc6)cc5)c4cc32)cc1. The molecule has 11 rings (SSSR count). The van der Waals surface area contributed by atoms with E-state index in [0.29, 0.717) is 0 Å². The molecule has 11 aromatic rings. The number of fused-ring (bicyclic) bond motifs is 9. The fraction of sp³-hybridized carbons (Fsp3) is 0. The van der Waals surface area contributed by atoms with Crippen molar-refractivity contribution in [1.29, 1.82) is 0 Å². The molecule has 0 atom stereocenters. The smallest absolute Gasteiger partial charge is 0.145 e. The van der Waals surface area contributed by atoms with Gasteiger partial charge >= 0.3 is 0 Å². The molecule has 0 bridgehead atoms. The Kier molecular flexibility index (Phi) is 5.80. The molecule has 7 aromatic carbocycles. The van der Waals surface area contributed by atoms with Gasteiger partial charge in [0.05, 0.1) is 27.6 Å². The number of nitrogens with zero attached hydrogens (tertiary/aromatic N) is 4. The lowest BCUT2D eigenvalue weighted by atomic mass is 10.1. The van der Waals surface area contributed by atoms with Crippen LogP contribution in [0.15, 0.2) is 170 Å². The summed E-state index contributed by atoms with van der Waals surface area (Å²) in [6.07, 6.45) is 2.18. The van der Waals surface area contributed by atoms with Crippen LogP contribution in [0, 0.1) is 0 Å². The van der Waals surface area contributed by atoms with Gasteiger partial charge in [-0.3, -0.25) is 4.57 Å². The lowest BCUT2D eigenvalue weighted by Gasteiger charge is -2.12. The van der Waals surface area contributed by atoms with Crippen LogP contribution in [-0.2, 0) is 0 Å². The minimum Gasteiger partial charge on any atom is -0.316 e. The van der Waals surface area contributed by atoms with E-state index < -0.39 is 0 Å². The van der Waals surface area contributed by atoms with Crippen LogP contribution in [0.4, 0.5) is 0 Å². The quantitative estimate of drug-likeness (QED) is 0.185. The molecule has 5 heteroatoms. The number of thiophene rings is 1. The van der Waals surface area contributed by atoms with Gasteiger partial charge < -0.3 is 9.13 Å². The monoisotopic (exact) mass is 656 g/mol. The van der Waals surface area contributed by atoms with Crippen molar-refractivity contribution < 1.29 is 0 Å². The first kappa shape index (κ1) is 27.5. The van der Waals surface area contributed by atoms with Crippen molar-refractivity contribution in [3.05, 3.63) is 170 Å². The van der Waals surface area contributed by atoms with Crippen LogP contribution in [0.25, 0.3) is 92.4 Å². The van der Waals surface area contributed by atoms with Crippen molar-refractivity contribution >= 4 is 75.3 Å². The highest BCUT2D eigenvalue weighted by molar-refractivity contribution is 7.26. The van der Waals surface area contributed by atoms with Gasteiger partial charge in [-0.25, -0.2) is 4.98 Å². The molecule has 234 valence electrons. The number of para-hydroxylation sites is 4. The molecule has 0 aliphatic rings. The van der Waals surface area contributed by atoms with E-state index in [1.165, 1.54) is 52.9 Å². The molecule has 0 N–H and O–H groups in total. The van der Waals surface area contributed by atoms with Gasteiger partial charge in [0.2, 0.25) is 0 Å². The number of benzene rings is 7. The van der Waals surface area contributed by atoms with Gasteiger partial charge in [0.1, 0.15) is 5.82 Å². The van der Waals surface area contributed by atoms with Crippen LogP contribution in [0.5, 0.6) is 0 Å². The van der Waals surface area contributed by atoms with E-state index in [2.05, 4.69) is 184 Å². The van der Waals surface area contributed by atoms with Gasteiger partial charge in [0.15, 0.2) is 0 Å². The first-order chi connectivity index (χ1) is 24.8. The van der Waals surface area contributed by atoms with E-state index in [9.17, 15) is 0 Å². The topological polar surface area (TPSA) is 27.7 Å². The van der Waals surface area contributed by atoms with Gasteiger partial charge in [-0.05, 0) is 91.0 Å². The lowest BCUT2D eigenvalue weighted by Crippen LogP contribution is -1.98. The molecule has 4 aromatic heterocycles. The number of aromatic nitrogens is 4. The fourth-order valence-corrected chi connectivity index (χ4v) is 8.95. The highest BCUT2D eigenvalue weighted by atomic mass is 32.1. The third-order valence-corrected chi connectivity index (χ3v) is 11.2. The van der Waals surface area contributed by atoms with Crippen molar-refractivity contribution in [2.45, 2.75) is 0 Å². The number of hydrogen-bond acceptors (Lipinski definition) is 2.